The molecule has 1 aromatic heterocycles. The van der Waals surface area contributed by atoms with Crippen LogP contribution in [0.1, 0.15) is 135 Å². The van der Waals surface area contributed by atoms with Gasteiger partial charge in [-0.15, -0.1) is 0 Å². The third-order valence-electron chi connectivity index (χ3n) is 18.4. The number of anilines is 8. The molecule has 5 heteroatoms. The van der Waals surface area contributed by atoms with E-state index in [4.69, 9.17) is 4.42 Å². The molecular formula is C70H72BN3O. The molecule has 9 aromatic rings. The summed E-state index contributed by atoms with van der Waals surface area (Å²) >= 11 is 0. The van der Waals surface area contributed by atoms with Crippen LogP contribution in [-0.4, -0.2) is 12.3 Å². The first kappa shape index (κ1) is 47.7. The van der Waals surface area contributed by atoms with Crippen LogP contribution < -0.4 is 31.1 Å². The Morgan fingerprint density at radius 1 is 0.480 bits per heavy atom. The topological polar surface area (TPSA) is 22.9 Å². The lowest BCUT2D eigenvalue weighted by Crippen LogP contribution is -2.61. The Morgan fingerprint density at radius 3 is 1.75 bits per heavy atom. The summed E-state index contributed by atoms with van der Waals surface area (Å²) in [5.41, 5.74) is 25.9. The van der Waals surface area contributed by atoms with Gasteiger partial charge in [-0.3, -0.25) is 0 Å². The molecule has 376 valence electrons. The van der Waals surface area contributed by atoms with Crippen molar-refractivity contribution in [3.8, 4) is 11.1 Å². The lowest BCUT2D eigenvalue weighted by molar-refractivity contribution is 0.194. The highest BCUT2D eigenvalue weighted by Gasteiger charge is 2.59. The zero-order chi connectivity index (χ0) is 52.3. The van der Waals surface area contributed by atoms with Crippen molar-refractivity contribution < 1.29 is 4.42 Å². The maximum atomic E-state index is 6.55. The molecule has 0 amide bonds. The highest BCUT2D eigenvalue weighted by atomic mass is 16.3. The molecule has 13 rings (SSSR count). The second-order valence-corrected chi connectivity index (χ2v) is 26.3. The molecule has 0 radical (unpaired) electrons. The Labute approximate surface area is 446 Å². The lowest BCUT2D eigenvalue weighted by atomic mass is 9.33. The zero-order valence-corrected chi connectivity index (χ0v) is 46.6. The average Bonchev–Trinajstić information content (AvgIpc) is 3.86. The average molecular weight is 982 g/mol. The van der Waals surface area contributed by atoms with Gasteiger partial charge in [0.05, 0.1) is 11.2 Å². The van der Waals surface area contributed by atoms with Gasteiger partial charge in [0.25, 0.3) is 6.71 Å². The third-order valence-corrected chi connectivity index (χ3v) is 18.4. The highest BCUT2D eigenvalue weighted by molar-refractivity contribution is 7.00. The Balaban J connectivity index is 1.20. The summed E-state index contributed by atoms with van der Waals surface area (Å²) < 4.78 is 6.55. The fourth-order valence-electron chi connectivity index (χ4n) is 14.2. The largest absolute Gasteiger partial charge is 0.456 e. The molecule has 4 heterocycles. The summed E-state index contributed by atoms with van der Waals surface area (Å²) in [7, 11) is 0. The summed E-state index contributed by atoms with van der Waals surface area (Å²) in [6, 6.07) is 58.9. The van der Waals surface area contributed by atoms with Crippen molar-refractivity contribution in [2.24, 2.45) is 0 Å². The SMILES string of the molecule is Cc1cc(C)c2c(c1)N(c1cc3c4c(c1)N(c1ccc(C(C)(C)C)cc1-c1ccccc1)c1cc(C(C)(C)C)ccc1B4c1ccc(C(C)(C)C)cc1N3c1ccc3oc4ccccc4c3c1)C1(C)CCCCC21C. The maximum absolute atomic E-state index is 6.55. The molecule has 2 unspecified atom stereocenters. The molecule has 1 saturated carbocycles. The van der Waals surface area contributed by atoms with Crippen LogP contribution in [0.15, 0.2) is 156 Å². The highest BCUT2D eigenvalue weighted by Crippen LogP contribution is 2.63. The summed E-state index contributed by atoms with van der Waals surface area (Å²) in [6.45, 7) is 30.9. The summed E-state index contributed by atoms with van der Waals surface area (Å²) in [6.07, 6.45) is 4.73. The van der Waals surface area contributed by atoms with Crippen LogP contribution in [0.25, 0.3) is 33.1 Å². The van der Waals surface area contributed by atoms with Crippen LogP contribution >= 0.6 is 0 Å². The van der Waals surface area contributed by atoms with Crippen molar-refractivity contribution >= 4 is 90.5 Å². The molecule has 1 fully saturated rings. The molecular weight excluding hydrogens is 910 g/mol. The van der Waals surface area contributed by atoms with Crippen LogP contribution in [0.4, 0.5) is 45.5 Å². The van der Waals surface area contributed by atoms with Gasteiger partial charge in [0.1, 0.15) is 11.2 Å². The summed E-state index contributed by atoms with van der Waals surface area (Å²) in [4.78, 5) is 8.16. The van der Waals surface area contributed by atoms with Crippen LogP contribution in [0.3, 0.4) is 0 Å². The normalized spacial score (nSPS) is 19.1. The number of benzene rings is 8. The first-order valence-corrected chi connectivity index (χ1v) is 27.7. The van der Waals surface area contributed by atoms with Gasteiger partial charge in [0.2, 0.25) is 0 Å². The van der Waals surface area contributed by atoms with Gasteiger partial charge < -0.3 is 19.1 Å². The second-order valence-electron chi connectivity index (χ2n) is 26.3. The van der Waals surface area contributed by atoms with E-state index in [1.807, 2.05) is 0 Å². The molecule has 0 N–H and O–H groups in total. The van der Waals surface area contributed by atoms with Crippen molar-refractivity contribution in [2.75, 3.05) is 14.7 Å². The number of hydrogen-bond donors (Lipinski definition) is 0. The molecule has 0 bridgehead atoms. The molecule has 0 saturated heterocycles. The van der Waals surface area contributed by atoms with Gasteiger partial charge in [0.15, 0.2) is 0 Å². The van der Waals surface area contributed by atoms with E-state index in [0.29, 0.717) is 0 Å². The van der Waals surface area contributed by atoms with Crippen molar-refractivity contribution in [1.29, 1.82) is 0 Å². The summed E-state index contributed by atoms with van der Waals surface area (Å²) in [5.74, 6) is 0. The lowest BCUT2D eigenvalue weighted by Gasteiger charge is -2.51. The molecule has 4 nitrogen and oxygen atoms in total. The first-order valence-electron chi connectivity index (χ1n) is 27.7. The molecule has 75 heavy (non-hydrogen) atoms. The fraction of sp³-hybridized carbons (Fsp3) is 0.314. The van der Waals surface area contributed by atoms with Crippen LogP contribution in [0.5, 0.6) is 0 Å². The molecule has 1 aliphatic carbocycles. The van der Waals surface area contributed by atoms with Gasteiger partial charge in [-0.2, -0.15) is 0 Å². The van der Waals surface area contributed by atoms with E-state index >= 15 is 0 Å². The van der Waals surface area contributed by atoms with Crippen LogP contribution in [0, 0.1) is 13.8 Å². The maximum Gasteiger partial charge on any atom is 0.252 e. The minimum Gasteiger partial charge on any atom is -0.456 e. The smallest absolute Gasteiger partial charge is 0.252 e. The molecule has 8 aromatic carbocycles. The van der Waals surface area contributed by atoms with E-state index in [1.54, 1.807) is 0 Å². The Hall–Kier alpha value is -6.98. The Kier molecular flexibility index (Phi) is 10.3. The van der Waals surface area contributed by atoms with Crippen LogP contribution in [-0.2, 0) is 21.7 Å². The number of para-hydroxylation sites is 1. The molecule has 4 aliphatic rings. The van der Waals surface area contributed by atoms with Gasteiger partial charge in [0, 0.05) is 61.6 Å². The van der Waals surface area contributed by atoms with E-state index in [1.165, 1.54) is 120 Å². The molecule has 2 atom stereocenters. The van der Waals surface area contributed by atoms with E-state index in [2.05, 4.69) is 256 Å². The van der Waals surface area contributed by atoms with E-state index < -0.39 is 0 Å². The van der Waals surface area contributed by atoms with Gasteiger partial charge >= 0.3 is 0 Å². The number of hydrogen-bond acceptors (Lipinski definition) is 4. The van der Waals surface area contributed by atoms with Crippen molar-refractivity contribution in [3.63, 3.8) is 0 Å². The minimum absolute atomic E-state index is 0.0352. The van der Waals surface area contributed by atoms with Crippen molar-refractivity contribution in [3.05, 3.63) is 185 Å². The Morgan fingerprint density at radius 2 is 1.07 bits per heavy atom. The standard InChI is InChI=1S/C70H72BN3O/c1-43-35-44(2)64-59(36-43)74(70(13)34-20-19-33-69(64,70)12)50-41-60-65-61(42-50)73(56-31-27-46(66(3,4)5)37-52(56)45-21-15-14-16-22-45)58-39-48(68(9,10)11)26-30-55(58)71(65)54-29-25-47(67(6,7)8)38-57(54)72(60)49-28-32-63-53(40-49)51-23-17-18-24-62(51)75-63/h14-18,21-32,35-42H,19-20,33-34H2,1-13H3. The fourth-order valence-corrected chi connectivity index (χ4v) is 14.2. The number of aryl methyl sites for hydroxylation is 2. The number of nitrogens with zero attached hydrogens (tertiary/aromatic N) is 3. The monoisotopic (exact) mass is 982 g/mol. The third kappa shape index (κ3) is 7.08. The van der Waals surface area contributed by atoms with Crippen LogP contribution in [0.2, 0.25) is 0 Å². The van der Waals surface area contributed by atoms with E-state index in [9.17, 15) is 0 Å². The van der Waals surface area contributed by atoms with Gasteiger partial charge in [-0.1, -0.05) is 167 Å². The van der Waals surface area contributed by atoms with E-state index in [0.717, 1.165) is 34.0 Å². The Bertz CT molecular complexity index is 3820. The predicted octanol–water partition coefficient (Wildman–Crippen LogP) is 17.6. The van der Waals surface area contributed by atoms with E-state index in [-0.39, 0.29) is 33.9 Å². The van der Waals surface area contributed by atoms with Gasteiger partial charge in [-0.05, 0) is 172 Å². The predicted molar refractivity (Wildman–Crippen MR) is 322 cm³/mol. The van der Waals surface area contributed by atoms with Gasteiger partial charge in [-0.25, -0.2) is 0 Å². The quantitative estimate of drug-likeness (QED) is 0.164. The first-order chi connectivity index (χ1) is 35.6. The number of rotatable bonds is 4. The molecule has 0 spiro atoms. The van der Waals surface area contributed by atoms with Crippen molar-refractivity contribution in [1.82, 2.24) is 0 Å². The second kappa shape index (κ2) is 16.3. The number of furan rings is 1. The number of fused-ring (bicyclic) bond motifs is 10. The minimum atomic E-state index is -0.168. The zero-order valence-electron chi connectivity index (χ0n) is 46.6. The molecule has 3 aliphatic heterocycles. The van der Waals surface area contributed by atoms with Crippen molar-refractivity contribution in [2.45, 2.75) is 143 Å². The summed E-state index contributed by atoms with van der Waals surface area (Å²) in [5, 5.41) is 2.26.